The first-order chi connectivity index (χ1) is 21.7. The highest BCUT2D eigenvalue weighted by Crippen LogP contribution is 2.24. The van der Waals surface area contributed by atoms with Crippen molar-refractivity contribution in [3.05, 3.63) is 66.2 Å². The topological polar surface area (TPSA) is 200 Å². The summed E-state index contributed by atoms with van der Waals surface area (Å²) < 4.78 is 1.42. The molecule has 2 aliphatic heterocycles. The van der Waals surface area contributed by atoms with Crippen LogP contribution in [0.4, 0.5) is 4.79 Å². The van der Waals surface area contributed by atoms with Crippen molar-refractivity contribution < 1.29 is 33.9 Å². The van der Waals surface area contributed by atoms with Crippen molar-refractivity contribution in [3.63, 3.8) is 0 Å². The lowest BCUT2D eigenvalue weighted by Crippen LogP contribution is -2.65. The summed E-state index contributed by atoms with van der Waals surface area (Å²) >= 11 is 0.969. The van der Waals surface area contributed by atoms with Gasteiger partial charge in [0.05, 0.1) is 30.4 Å². The fraction of sp³-hybridized carbons (Fsp3) is 0.321. The minimum Gasteiger partial charge on any atom is -0.481 e. The van der Waals surface area contributed by atoms with Crippen molar-refractivity contribution in [2.75, 3.05) is 18.8 Å². The van der Waals surface area contributed by atoms with E-state index in [0.717, 1.165) is 26.8 Å². The molecule has 3 aromatic rings. The molecule has 2 atom stereocenters. The Morgan fingerprint density at radius 2 is 1.71 bits per heavy atom. The molecule has 3 N–H and O–H groups in total. The Morgan fingerprint density at radius 3 is 2.42 bits per heavy atom. The summed E-state index contributed by atoms with van der Waals surface area (Å²) in [6.45, 7) is 0.0382. The number of ketones is 1. The van der Waals surface area contributed by atoms with Crippen LogP contribution in [0.15, 0.2) is 65.8 Å². The molecule has 2 fully saturated rings. The number of aromatic nitrogens is 4. The molecule has 234 valence electrons. The molecule has 0 spiro atoms. The number of amides is 5. The normalized spacial score (nSPS) is 17.2. The van der Waals surface area contributed by atoms with E-state index in [4.69, 9.17) is 0 Å². The van der Waals surface area contributed by atoms with Crippen molar-refractivity contribution in [1.29, 1.82) is 0 Å². The summed E-state index contributed by atoms with van der Waals surface area (Å²) in [6, 6.07) is 13.6. The molecule has 2 aliphatic rings. The molecule has 2 aromatic carbocycles. The van der Waals surface area contributed by atoms with Crippen molar-refractivity contribution in [2.45, 2.75) is 42.9 Å². The number of benzene rings is 2. The maximum atomic E-state index is 13.7. The number of tetrazole rings is 1. The first-order valence-electron chi connectivity index (χ1n) is 14.0. The van der Waals surface area contributed by atoms with Crippen LogP contribution in [0.25, 0.3) is 5.69 Å². The monoisotopic (exact) mass is 635 g/mol. The molecule has 1 aromatic heterocycles. The number of carbonyl (C=O) groups excluding carboxylic acids is 5. The number of Topliss-reactive ketones (excluding diaryl/α,β-unsaturated/α-hetero) is 1. The summed E-state index contributed by atoms with van der Waals surface area (Å²) in [5, 5.41) is 26.9. The zero-order chi connectivity index (χ0) is 31.9. The number of hydrazine groups is 2. The number of nitrogens with zero attached hydrogens (tertiary/aromatic N) is 7. The van der Waals surface area contributed by atoms with Gasteiger partial charge < -0.3 is 10.4 Å². The van der Waals surface area contributed by atoms with E-state index in [1.165, 1.54) is 4.68 Å². The summed E-state index contributed by atoms with van der Waals surface area (Å²) in [4.78, 5) is 77.9. The first-order valence-corrected chi connectivity index (χ1v) is 15.0. The Kier molecular flexibility index (Phi) is 9.67. The van der Waals surface area contributed by atoms with Crippen molar-refractivity contribution in [2.24, 2.45) is 0 Å². The number of nitrogens with one attached hydrogen (secondary N) is 2. The van der Waals surface area contributed by atoms with Crippen LogP contribution >= 0.6 is 11.8 Å². The molecule has 5 amide bonds. The third-order valence-corrected chi connectivity index (χ3v) is 8.05. The highest BCUT2D eigenvalue weighted by atomic mass is 32.2. The number of para-hydroxylation sites is 1. The van der Waals surface area contributed by atoms with Crippen LogP contribution in [-0.4, -0.2) is 107 Å². The highest BCUT2D eigenvalue weighted by molar-refractivity contribution is 7.99. The lowest BCUT2D eigenvalue weighted by Gasteiger charge is -2.43. The minimum atomic E-state index is -1.44. The van der Waals surface area contributed by atoms with Gasteiger partial charge in [-0.15, -0.1) is 5.10 Å². The molecule has 5 rings (SSSR count). The number of urea groups is 1. The van der Waals surface area contributed by atoms with Crippen LogP contribution in [0.3, 0.4) is 0 Å². The SMILES string of the molecule is O=C(O)C[C@H](NC(=O)[C@@H]1CCCN2C(=O)CCN(NC(=O)c3ccccc3)C(=O)N12)C(=O)CSc1nnnn1-c1ccccc1. The molecule has 45 heavy (non-hydrogen) atoms. The number of hydrogen-bond acceptors (Lipinski definition) is 10. The first kappa shape index (κ1) is 31.1. The van der Waals surface area contributed by atoms with Gasteiger partial charge in [0.25, 0.3) is 5.91 Å². The van der Waals surface area contributed by atoms with Crippen molar-refractivity contribution in [3.8, 4) is 5.69 Å². The zero-order valence-corrected chi connectivity index (χ0v) is 24.6. The number of carboxylic acids is 1. The van der Waals surface area contributed by atoms with E-state index >= 15 is 0 Å². The Labute approximate surface area is 260 Å². The van der Waals surface area contributed by atoms with Crippen LogP contribution in [0.1, 0.15) is 36.0 Å². The third-order valence-electron chi connectivity index (χ3n) is 7.11. The fourth-order valence-electron chi connectivity index (χ4n) is 4.92. The molecular formula is C28H29N9O7S. The largest absolute Gasteiger partial charge is 0.481 e. The van der Waals surface area contributed by atoms with Crippen LogP contribution in [-0.2, 0) is 19.2 Å². The van der Waals surface area contributed by atoms with E-state index in [0.29, 0.717) is 12.1 Å². The summed E-state index contributed by atoms with van der Waals surface area (Å²) in [7, 11) is 0. The Morgan fingerprint density at radius 1 is 1.00 bits per heavy atom. The number of aliphatic carboxylic acids is 1. The average Bonchev–Trinajstić information content (AvgIpc) is 3.49. The second-order valence-corrected chi connectivity index (χ2v) is 11.1. The summed E-state index contributed by atoms with van der Waals surface area (Å²) in [6.07, 6.45) is -0.307. The third kappa shape index (κ3) is 7.26. The van der Waals surface area contributed by atoms with Gasteiger partial charge >= 0.3 is 12.0 Å². The minimum absolute atomic E-state index is 0.106. The number of fused-ring (bicyclic) bond motifs is 1. The van der Waals surface area contributed by atoms with Gasteiger partial charge in [0.1, 0.15) is 6.04 Å². The van der Waals surface area contributed by atoms with Crippen LogP contribution in [0, 0.1) is 0 Å². The van der Waals surface area contributed by atoms with Crippen LogP contribution < -0.4 is 10.7 Å². The molecule has 0 unspecified atom stereocenters. The second-order valence-electron chi connectivity index (χ2n) is 10.1. The smallest absolute Gasteiger partial charge is 0.358 e. The van der Waals surface area contributed by atoms with Gasteiger partial charge in [0.15, 0.2) is 5.78 Å². The maximum absolute atomic E-state index is 13.7. The lowest BCUT2D eigenvalue weighted by molar-refractivity contribution is -0.155. The molecule has 0 bridgehead atoms. The molecule has 0 saturated carbocycles. The molecule has 0 aliphatic carbocycles. The van der Waals surface area contributed by atoms with Gasteiger partial charge in [-0.3, -0.25) is 29.4 Å². The molecule has 3 heterocycles. The number of thioether (sulfide) groups is 1. The molecular weight excluding hydrogens is 606 g/mol. The molecule has 0 radical (unpaired) electrons. The Balaban J connectivity index is 1.30. The molecule has 17 heteroatoms. The van der Waals surface area contributed by atoms with E-state index in [2.05, 4.69) is 26.3 Å². The van der Waals surface area contributed by atoms with Gasteiger partial charge in [0, 0.05) is 18.5 Å². The van der Waals surface area contributed by atoms with Crippen molar-refractivity contribution in [1.82, 2.24) is 46.0 Å². The van der Waals surface area contributed by atoms with Gasteiger partial charge in [0.2, 0.25) is 17.0 Å². The van der Waals surface area contributed by atoms with E-state index in [1.54, 1.807) is 54.6 Å². The Hall–Kier alpha value is -5.32. The van der Waals surface area contributed by atoms with Crippen LogP contribution in [0.2, 0.25) is 0 Å². The van der Waals surface area contributed by atoms with E-state index in [-0.39, 0.29) is 42.4 Å². The van der Waals surface area contributed by atoms with Gasteiger partial charge in [-0.1, -0.05) is 48.2 Å². The second kappa shape index (κ2) is 14.0. The van der Waals surface area contributed by atoms with Gasteiger partial charge in [-0.25, -0.2) is 19.8 Å². The zero-order valence-electron chi connectivity index (χ0n) is 23.8. The lowest BCUT2D eigenvalue weighted by atomic mass is 10.0. The molecule has 16 nitrogen and oxygen atoms in total. The highest BCUT2D eigenvalue weighted by Gasteiger charge is 2.44. The van der Waals surface area contributed by atoms with E-state index in [9.17, 15) is 33.9 Å². The van der Waals surface area contributed by atoms with Gasteiger partial charge in [-0.05, 0) is 47.5 Å². The summed E-state index contributed by atoms with van der Waals surface area (Å²) in [5.74, 6) is -4.01. The number of rotatable bonds is 11. The van der Waals surface area contributed by atoms with E-state index < -0.39 is 54.0 Å². The van der Waals surface area contributed by atoms with Crippen molar-refractivity contribution >= 4 is 47.3 Å². The predicted molar refractivity (Wildman–Crippen MR) is 156 cm³/mol. The molecule has 2 saturated heterocycles. The quantitative estimate of drug-likeness (QED) is 0.250. The van der Waals surface area contributed by atoms with E-state index in [1.807, 2.05) is 6.07 Å². The maximum Gasteiger partial charge on any atom is 0.358 e. The fourth-order valence-corrected chi connectivity index (χ4v) is 5.75. The predicted octanol–water partition coefficient (Wildman–Crippen LogP) is 0.662. The summed E-state index contributed by atoms with van der Waals surface area (Å²) in [5.41, 5.74) is 3.45. The Bertz CT molecular complexity index is 1590. The number of carbonyl (C=O) groups is 6. The van der Waals surface area contributed by atoms with Crippen LogP contribution in [0.5, 0.6) is 0 Å². The van der Waals surface area contributed by atoms with Gasteiger partial charge in [-0.2, -0.15) is 4.68 Å². The average molecular weight is 636 g/mol. The number of hydrogen-bond donors (Lipinski definition) is 3. The number of carboxylic acid groups (broad SMARTS) is 1. The standard InChI is InChI=1S/C28H29N9O7S/c38-22(17-45-27-30-32-33-36(27)19-10-5-2-6-11-19)20(16-24(40)41)29-26(43)21-12-7-14-35-23(39)13-15-34(28(44)37(21)35)31-25(42)18-8-3-1-4-9-18/h1-6,8-11,20-21H,7,12-17H2,(H,29,43)(H,31,42)(H,40,41)/t20-,21-/m0/s1.